The molecule has 7 nitrogen and oxygen atoms in total. The summed E-state index contributed by atoms with van der Waals surface area (Å²) in [5.74, 6) is 1.15. The van der Waals surface area contributed by atoms with Gasteiger partial charge in [-0.1, -0.05) is 71.6 Å². The highest BCUT2D eigenvalue weighted by Crippen LogP contribution is 2.33. The molecule has 5 rings (SSSR count). The first-order valence-corrected chi connectivity index (χ1v) is 16.9. The smallest absolute Gasteiger partial charge is 0.267 e. The minimum Gasteiger partial charge on any atom is -0.354 e. The lowest BCUT2D eigenvalue weighted by Gasteiger charge is -2.39. The van der Waals surface area contributed by atoms with Crippen molar-refractivity contribution in [2.75, 3.05) is 19.6 Å². The standard InChI is InChI=1S/C35H53N5O2/c1-26(2)30-14-13-28(24-37-30)34(42)40-20-15-27(16-21-40)12-8-11-19-36-33(41)31-22-29-25-38-35(23-32(29)39-31)17-9-6-4-3-5-7-10-18-35/h13-14,22,24,26-27,38-39H,3-12,15-21,23,25H2,1-2H3,(H,36,41). The van der Waals surface area contributed by atoms with Crippen LogP contribution in [0.3, 0.4) is 0 Å². The van der Waals surface area contributed by atoms with Crippen LogP contribution in [-0.2, 0) is 13.0 Å². The van der Waals surface area contributed by atoms with Gasteiger partial charge in [0, 0.05) is 55.7 Å². The number of carbonyl (C=O) groups excluding carboxylic acids is 2. The Bertz CT molecular complexity index is 1150. The molecule has 42 heavy (non-hydrogen) atoms. The first-order chi connectivity index (χ1) is 20.4. The fourth-order valence-corrected chi connectivity index (χ4v) is 7.29. The quantitative estimate of drug-likeness (QED) is 0.299. The van der Waals surface area contributed by atoms with Crippen molar-refractivity contribution in [2.45, 2.75) is 128 Å². The molecule has 1 aliphatic carbocycles. The predicted octanol–water partition coefficient (Wildman–Crippen LogP) is 6.89. The van der Waals surface area contributed by atoms with Crippen LogP contribution in [0.4, 0.5) is 0 Å². The van der Waals surface area contributed by atoms with E-state index in [-0.39, 0.29) is 17.4 Å². The lowest BCUT2D eigenvalue weighted by molar-refractivity contribution is 0.0685. The van der Waals surface area contributed by atoms with Gasteiger partial charge in [0.05, 0.1) is 5.56 Å². The third-order valence-electron chi connectivity index (χ3n) is 10.1. The highest BCUT2D eigenvalue weighted by atomic mass is 16.2. The molecule has 1 saturated carbocycles. The van der Waals surface area contributed by atoms with Crippen molar-refractivity contribution >= 4 is 11.8 Å². The number of nitrogens with zero attached hydrogens (tertiary/aromatic N) is 2. The van der Waals surface area contributed by atoms with Crippen molar-refractivity contribution < 1.29 is 9.59 Å². The largest absolute Gasteiger partial charge is 0.354 e. The van der Waals surface area contributed by atoms with E-state index in [1.807, 2.05) is 17.0 Å². The zero-order chi connectivity index (χ0) is 29.4. The van der Waals surface area contributed by atoms with Gasteiger partial charge in [-0.25, -0.2) is 0 Å². The summed E-state index contributed by atoms with van der Waals surface area (Å²) in [6.07, 6.45) is 20.0. The summed E-state index contributed by atoms with van der Waals surface area (Å²) in [6, 6.07) is 5.96. The van der Waals surface area contributed by atoms with E-state index in [0.29, 0.717) is 29.6 Å². The average Bonchev–Trinajstić information content (AvgIpc) is 3.43. The number of pyridine rings is 1. The maximum absolute atomic E-state index is 12.9. The molecule has 3 N–H and O–H groups in total. The molecule has 0 aromatic carbocycles. The molecular formula is C35H53N5O2. The van der Waals surface area contributed by atoms with Crippen molar-refractivity contribution in [1.82, 2.24) is 25.5 Å². The van der Waals surface area contributed by atoms with E-state index in [0.717, 1.165) is 63.9 Å². The van der Waals surface area contributed by atoms with Gasteiger partial charge in [0.25, 0.3) is 11.8 Å². The van der Waals surface area contributed by atoms with Crippen molar-refractivity contribution in [3.05, 3.63) is 52.6 Å². The van der Waals surface area contributed by atoms with Gasteiger partial charge in [0.15, 0.2) is 0 Å². The second kappa shape index (κ2) is 14.7. The Labute approximate surface area is 253 Å². The molecule has 3 aliphatic rings. The molecule has 2 aromatic rings. The zero-order valence-corrected chi connectivity index (χ0v) is 26.1. The summed E-state index contributed by atoms with van der Waals surface area (Å²) in [5, 5.41) is 7.05. The number of aromatic amines is 1. The van der Waals surface area contributed by atoms with E-state index in [9.17, 15) is 9.59 Å². The maximum atomic E-state index is 12.9. The molecule has 1 saturated heterocycles. The van der Waals surface area contributed by atoms with Crippen LogP contribution in [-0.4, -0.2) is 51.9 Å². The molecular weight excluding hydrogens is 522 g/mol. The monoisotopic (exact) mass is 575 g/mol. The third-order valence-corrected chi connectivity index (χ3v) is 10.1. The second-order valence-corrected chi connectivity index (χ2v) is 13.6. The molecule has 0 unspecified atom stereocenters. The van der Waals surface area contributed by atoms with Crippen LogP contribution in [0.15, 0.2) is 24.4 Å². The second-order valence-electron chi connectivity index (χ2n) is 13.6. The Morgan fingerprint density at radius 3 is 2.40 bits per heavy atom. The highest BCUT2D eigenvalue weighted by Gasteiger charge is 2.35. The summed E-state index contributed by atoms with van der Waals surface area (Å²) in [7, 11) is 0. The number of rotatable bonds is 8. The molecule has 4 heterocycles. The van der Waals surface area contributed by atoms with Crippen LogP contribution in [0.5, 0.6) is 0 Å². The van der Waals surface area contributed by atoms with Crippen molar-refractivity contribution in [1.29, 1.82) is 0 Å². The van der Waals surface area contributed by atoms with Crippen LogP contribution in [0.1, 0.15) is 147 Å². The number of unbranched alkanes of at least 4 members (excludes halogenated alkanes) is 1. The van der Waals surface area contributed by atoms with E-state index in [2.05, 4.69) is 40.5 Å². The number of nitrogens with one attached hydrogen (secondary N) is 3. The van der Waals surface area contributed by atoms with Crippen LogP contribution in [0.25, 0.3) is 0 Å². The molecule has 0 radical (unpaired) electrons. The molecule has 1 spiro atoms. The summed E-state index contributed by atoms with van der Waals surface area (Å²) in [5.41, 5.74) is 5.15. The zero-order valence-electron chi connectivity index (χ0n) is 26.1. The number of likely N-dealkylation sites (tertiary alicyclic amines) is 1. The van der Waals surface area contributed by atoms with Gasteiger partial charge in [-0.05, 0) is 67.7 Å². The van der Waals surface area contributed by atoms with Gasteiger partial charge < -0.3 is 20.5 Å². The predicted molar refractivity (Wildman–Crippen MR) is 169 cm³/mol. The van der Waals surface area contributed by atoms with Crippen molar-refractivity contribution in [3.63, 3.8) is 0 Å². The van der Waals surface area contributed by atoms with Crippen LogP contribution < -0.4 is 10.6 Å². The minimum absolute atomic E-state index is 0.0205. The normalized spacial score (nSPS) is 19.9. The minimum atomic E-state index is 0.0205. The van der Waals surface area contributed by atoms with Gasteiger partial charge >= 0.3 is 0 Å². The number of fused-ring (bicyclic) bond motifs is 1. The van der Waals surface area contributed by atoms with E-state index >= 15 is 0 Å². The maximum Gasteiger partial charge on any atom is 0.267 e. The van der Waals surface area contributed by atoms with E-state index in [1.165, 1.54) is 69.0 Å². The van der Waals surface area contributed by atoms with E-state index in [4.69, 9.17) is 0 Å². The molecule has 2 aliphatic heterocycles. The first kappa shape index (κ1) is 30.8. The number of aromatic nitrogens is 2. The van der Waals surface area contributed by atoms with Crippen LogP contribution in [0.2, 0.25) is 0 Å². The Kier molecular flexibility index (Phi) is 10.8. The van der Waals surface area contributed by atoms with Gasteiger partial charge in [0.1, 0.15) is 5.69 Å². The SMILES string of the molecule is CC(C)c1ccc(C(=O)N2CCC(CCCCNC(=O)c3cc4c([nH]3)CC3(CCCCCCCCC3)NC4)CC2)cn1. The van der Waals surface area contributed by atoms with Gasteiger partial charge in [0.2, 0.25) is 0 Å². The molecule has 2 fully saturated rings. The molecule has 7 heteroatoms. The number of piperidine rings is 1. The van der Waals surface area contributed by atoms with Gasteiger partial charge in [-0.15, -0.1) is 0 Å². The Morgan fingerprint density at radius 2 is 1.74 bits per heavy atom. The average molecular weight is 576 g/mol. The fraction of sp³-hybridized carbons (Fsp3) is 0.686. The lowest BCUT2D eigenvalue weighted by atomic mass is 9.79. The topological polar surface area (TPSA) is 90.1 Å². The molecule has 0 bridgehead atoms. The first-order valence-electron chi connectivity index (χ1n) is 16.9. The van der Waals surface area contributed by atoms with E-state index < -0.39 is 0 Å². The molecule has 0 atom stereocenters. The van der Waals surface area contributed by atoms with Crippen molar-refractivity contribution in [3.8, 4) is 0 Å². The number of carbonyl (C=O) groups is 2. The molecule has 2 aromatic heterocycles. The summed E-state index contributed by atoms with van der Waals surface area (Å²) >= 11 is 0. The number of hydrogen-bond acceptors (Lipinski definition) is 4. The third kappa shape index (κ3) is 8.03. The summed E-state index contributed by atoms with van der Waals surface area (Å²) < 4.78 is 0. The Morgan fingerprint density at radius 1 is 1.02 bits per heavy atom. The number of H-pyrrole nitrogens is 1. The summed E-state index contributed by atoms with van der Waals surface area (Å²) in [6.45, 7) is 7.44. The molecule has 2 amide bonds. The number of hydrogen-bond donors (Lipinski definition) is 3. The van der Waals surface area contributed by atoms with Crippen LogP contribution in [0, 0.1) is 5.92 Å². The fourth-order valence-electron chi connectivity index (χ4n) is 7.29. The number of amides is 2. The van der Waals surface area contributed by atoms with E-state index in [1.54, 1.807) is 6.20 Å². The van der Waals surface area contributed by atoms with Crippen LogP contribution >= 0.6 is 0 Å². The Balaban J connectivity index is 0.998. The lowest BCUT2D eigenvalue weighted by Crippen LogP contribution is -2.49. The van der Waals surface area contributed by atoms with Gasteiger partial charge in [-0.2, -0.15) is 0 Å². The summed E-state index contributed by atoms with van der Waals surface area (Å²) in [4.78, 5) is 35.8. The van der Waals surface area contributed by atoms with Gasteiger partial charge in [-0.3, -0.25) is 14.6 Å². The highest BCUT2D eigenvalue weighted by molar-refractivity contribution is 5.94. The van der Waals surface area contributed by atoms with Crippen molar-refractivity contribution in [2.24, 2.45) is 5.92 Å². The molecule has 230 valence electrons. The Hall–Kier alpha value is -2.67.